The molecule has 3 aliphatic heterocycles. The smallest absolute Gasteiger partial charge is 0.310 e. The molecule has 0 amide bonds. The van der Waals surface area contributed by atoms with Crippen molar-refractivity contribution in [2.75, 3.05) is 34.4 Å². The molecule has 12 heteroatoms. The quantitative estimate of drug-likeness (QED) is 0.183. The number of likely N-dealkylation sites (N-methyl/N-ethyl adjacent to an activating group) is 1. The molecule has 3 aliphatic rings. The van der Waals surface area contributed by atoms with E-state index in [1.54, 1.807) is 38.1 Å². The summed E-state index contributed by atoms with van der Waals surface area (Å²) in [6, 6.07) is -0.647. The third kappa shape index (κ3) is 9.90. The molecular formula is C32H51NO11. The molecule has 0 aromatic carbocycles. The third-order valence-corrected chi connectivity index (χ3v) is 8.34. The Bertz CT molecular complexity index is 995. The molecule has 0 aliphatic carbocycles. The zero-order valence-corrected chi connectivity index (χ0v) is 27.1. The molecule has 10 atom stereocenters. The van der Waals surface area contributed by atoms with Crippen LogP contribution >= 0.6 is 0 Å². The fraction of sp³-hybridized carbons (Fsp3) is 0.781. The van der Waals surface area contributed by atoms with Crippen molar-refractivity contribution in [2.24, 2.45) is 11.8 Å². The van der Waals surface area contributed by atoms with Gasteiger partial charge in [-0.25, -0.2) is 0 Å². The number of ether oxygens (including phenoxy) is 7. The standard InChI is InChI=1S/C32H51NO11/c1-8-9-10-11-12-13-23(35)19(2)16-22(17-26-39-14-15-40-26)29-30(38-7)24(42-21(4)34)18-25(36)43-31-27(33(5)6)28(37)20(3)41-32(31)44-29/h10-13,19-20,22,24,26-32,37H,8-9,14-18H2,1-7H3/t19?,20-,22?,24?,27+,28-,29?,30?,31-,32+/m1/s1. The van der Waals surface area contributed by atoms with E-state index in [1.807, 2.05) is 19.1 Å². The van der Waals surface area contributed by atoms with Gasteiger partial charge in [0.15, 0.2) is 24.5 Å². The molecule has 3 rings (SSSR count). The van der Waals surface area contributed by atoms with E-state index in [0.29, 0.717) is 26.1 Å². The highest BCUT2D eigenvalue weighted by atomic mass is 16.7. The Morgan fingerprint density at radius 1 is 1.16 bits per heavy atom. The number of ketones is 1. The number of carbonyl (C=O) groups excluding carboxylic acids is 3. The average molecular weight is 626 g/mol. The van der Waals surface area contributed by atoms with Gasteiger partial charge in [-0.1, -0.05) is 38.5 Å². The first-order valence-corrected chi connectivity index (χ1v) is 15.6. The number of rotatable bonds is 13. The first kappa shape index (κ1) is 36.3. The van der Waals surface area contributed by atoms with Crippen molar-refractivity contribution in [3.05, 3.63) is 24.3 Å². The highest BCUT2D eigenvalue weighted by molar-refractivity contribution is 5.91. The van der Waals surface area contributed by atoms with Gasteiger partial charge in [-0.2, -0.15) is 0 Å². The molecule has 44 heavy (non-hydrogen) atoms. The minimum Gasteiger partial charge on any atom is -0.459 e. The Morgan fingerprint density at radius 2 is 1.86 bits per heavy atom. The van der Waals surface area contributed by atoms with E-state index >= 15 is 0 Å². The predicted molar refractivity (Wildman–Crippen MR) is 159 cm³/mol. The molecule has 3 fully saturated rings. The van der Waals surface area contributed by atoms with Gasteiger partial charge >= 0.3 is 11.9 Å². The lowest BCUT2D eigenvalue weighted by Gasteiger charge is -2.47. The van der Waals surface area contributed by atoms with E-state index in [4.69, 9.17) is 33.2 Å². The second-order valence-corrected chi connectivity index (χ2v) is 12.0. The Balaban J connectivity index is 2.03. The van der Waals surface area contributed by atoms with Gasteiger partial charge in [-0.3, -0.25) is 14.4 Å². The average Bonchev–Trinajstić information content (AvgIpc) is 3.48. The van der Waals surface area contributed by atoms with E-state index < -0.39 is 79.0 Å². The number of aliphatic hydroxyl groups excluding tert-OH is 1. The molecule has 3 heterocycles. The number of methoxy groups -OCH3 is 1. The monoisotopic (exact) mass is 625 g/mol. The van der Waals surface area contributed by atoms with Crippen molar-refractivity contribution >= 4 is 17.7 Å². The van der Waals surface area contributed by atoms with Crippen LogP contribution in [0.25, 0.3) is 0 Å². The van der Waals surface area contributed by atoms with Gasteiger partial charge in [0.2, 0.25) is 0 Å². The molecule has 0 bridgehead atoms. The number of hydrogen-bond donors (Lipinski definition) is 1. The normalized spacial score (nSPS) is 33.4. The van der Waals surface area contributed by atoms with Crippen LogP contribution in [0, 0.1) is 11.8 Å². The van der Waals surface area contributed by atoms with Crippen molar-refractivity contribution in [1.29, 1.82) is 0 Å². The Kier molecular flexibility index (Phi) is 14.4. The second-order valence-electron chi connectivity index (χ2n) is 12.0. The molecular weight excluding hydrogens is 574 g/mol. The fourth-order valence-corrected chi connectivity index (χ4v) is 6.13. The van der Waals surface area contributed by atoms with Crippen LogP contribution in [0.4, 0.5) is 0 Å². The van der Waals surface area contributed by atoms with Crippen molar-refractivity contribution in [3.8, 4) is 0 Å². The summed E-state index contributed by atoms with van der Waals surface area (Å²) in [4.78, 5) is 40.4. The van der Waals surface area contributed by atoms with Gasteiger partial charge in [0.1, 0.15) is 12.2 Å². The number of hydrogen-bond acceptors (Lipinski definition) is 12. The van der Waals surface area contributed by atoms with E-state index in [0.717, 1.165) is 12.8 Å². The second kappa shape index (κ2) is 17.5. The maximum Gasteiger partial charge on any atom is 0.310 e. The minimum atomic E-state index is -1.09. The number of nitrogens with zero attached hydrogens (tertiary/aromatic N) is 1. The summed E-state index contributed by atoms with van der Waals surface area (Å²) in [5.41, 5.74) is 0. The van der Waals surface area contributed by atoms with Gasteiger partial charge in [0, 0.05) is 26.4 Å². The Labute approximate surface area is 260 Å². The number of allylic oxidation sites excluding steroid dienone is 4. The topological polar surface area (TPSA) is 139 Å². The fourth-order valence-electron chi connectivity index (χ4n) is 6.13. The highest BCUT2D eigenvalue weighted by Gasteiger charge is 2.52. The summed E-state index contributed by atoms with van der Waals surface area (Å²) in [6.45, 7) is 7.78. The number of esters is 2. The van der Waals surface area contributed by atoms with Crippen LogP contribution in [-0.2, 0) is 47.5 Å². The van der Waals surface area contributed by atoms with Crippen molar-refractivity contribution in [1.82, 2.24) is 4.90 Å². The summed E-state index contributed by atoms with van der Waals surface area (Å²) in [6.07, 6.45) is 2.41. The minimum absolute atomic E-state index is 0.0623. The lowest BCUT2D eigenvalue weighted by atomic mass is 9.82. The first-order chi connectivity index (χ1) is 21.0. The lowest BCUT2D eigenvalue weighted by Crippen LogP contribution is -2.64. The number of fused-ring (bicyclic) bond motifs is 1. The summed E-state index contributed by atoms with van der Waals surface area (Å²) < 4.78 is 41.9. The van der Waals surface area contributed by atoms with E-state index in [-0.39, 0.29) is 12.2 Å². The van der Waals surface area contributed by atoms with Crippen LogP contribution < -0.4 is 0 Å². The van der Waals surface area contributed by atoms with Crippen LogP contribution in [-0.4, -0.2) is 117 Å². The first-order valence-electron chi connectivity index (χ1n) is 15.6. The molecule has 3 saturated heterocycles. The van der Waals surface area contributed by atoms with Gasteiger partial charge in [0.05, 0.1) is 44.0 Å². The molecule has 250 valence electrons. The summed E-state index contributed by atoms with van der Waals surface area (Å²) in [7, 11) is 5.00. The van der Waals surface area contributed by atoms with Gasteiger partial charge in [0.25, 0.3) is 0 Å². The van der Waals surface area contributed by atoms with Gasteiger partial charge in [-0.05, 0) is 45.9 Å². The number of aliphatic hydroxyl groups is 1. The Hall–Kier alpha value is -2.19. The lowest BCUT2D eigenvalue weighted by molar-refractivity contribution is -0.309. The molecule has 0 radical (unpaired) electrons. The number of unbranched alkanes of at least 4 members (excludes halogenated alkanes) is 1. The van der Waals surface area contributed by atoms with Crippen LogP contribution in [0.5, 0.6) is 0 Å². The van der Waals surface area contributed by atoms with Crippen molar-refractivity contribution < 1.29 is 52.6 Å². The molecule has 0 aromatic heterocycles. The summed E-state index contributed by atoms with van der Waals surface area (Å²) >= 11 is 0. The van der Waals surface area contributed by atoms with Crippen LogP contribution in [0.2, 0.25) is 0 Å². The van der Waals surface area contributed by atoms with Gasteiger partial charge < -0.3 is 43.2 Å². The molecule has 0 spiro atoms. The summed E-state index contributed by atoms with van der Waals surface area (Å²) in [5, 5.41) is 11.0. The van der Waals surface area contributed by atoms with Crippen LogP contribution in [0.15, 0.2) is 24.3 Å². The molecule has 0 aromatic rings. The predicted octanol–water partition coefficient (Wildman–Crippen LogP) is 2.56. The molecule has 12 nitrogen and oxygen atoms in total. The van der Waals surface area contributed by atoms with Crippen molar-refractivity contribution in [2.45, 2.75) is 115 Å². The number of carbonyl (C=O) groups is 3. The van der Waals surface area contributed by atoms with Gasteiger partial charge in [-0.15, -0.1) is 0 Å². The SMILES string of the molecule is CCCC=CC=CC(=O)C(C)CC(CC1OCCO1)C1O[C@@H]2O[C@H](C)[C@@H](O)[C@H](N(C)C)[C@H]2OC(=O)CC(OC(C)=O)C1OC. The van der Waals surface area contributed by atoms with Crippen LogP contribution in [0.3, 0.4) is 0 Å². The molecule has 0 saturated carbocycles. The van der Waals surface area contributed by atoms with Crippen LogP contribution in [0.1, 0.15) is 59.8 Å². The maximum atomic E-state index is 13.3. The zero-order chi connectivity index (χ0) is 32.4. The van der Waals surface area contributed by atoms with E-state index in [1.165, 1.54) is 14.0 Å². The summed E-state index contributed by atoms with van der Waals surface area (Å²) in [5.74, 6) is -2.17. The third-order valence-electron chi connectivity index (χ3n) is 8.34. The van der Waals surface area contributed by atoms with Crippen molar-refractivity contribution in [3.63, 3.8) is 0 Å². The zero-order valence-electron chi connectivity index (χ0n) is 27.1. The largest absolute Gasteiger partial charge is 0.459 e. The molecule has 1 N–H and O–H groups in total. The molecule has 5 unspecified atom stereocenters. The van der Waals surface area contributed by atoms with E-state index in [2.05, 4.69) is 6.92 Å². The van der Waals surface area contributed by atoms with E-state index in [9.17, 15) is 19.5 Å². The Morgan fingerprint density at radius 3 is 2.48 bits per heavy atom. The highest BCUT2D eigenvalue weighted by Crippen LogP contribution is 2.37. The maximum absolute atomic E-state index is 13.3.